The van der Waals surface area contributed by atoms with Crippen molar-refractivity contribution in [1.82, 2.24) is 25.3 Å². The Hall–Kier alpha value is -2.65. The first-order chi connectivity index (χ1) is 17.4. The van der Waals surface area contributed by atoms with Crippen LogP contribution >= 0.6 is 0 Å². The third-order valence-electron chi connectivity index (χ3n) is 7.97. The van der Waals surface area contributed by atoms with Crippen LogP contribution < -0.4 is 10.6 Å². The summed E-state index contributed by atoms with van der Waals surface area (Å²) in [5.41, 5.74) is 0.611. The number of amides is 4. The Morgan fingerprint density at radius 2 is 1.69 bits per heavy atom. The van der Waals surface area contributed by atoms with Crippen molar-refractivity contribution in [1.29, 1.82) is 0 Å². The number of carbonyl (C=O) groups excluding carboxylic acids is 3. The molecule has 3 aliphatic rings. The Labute approximate surface area is 214 Å². The van der Waals surface area contributed by atoms with E-state index in [2.05, 4.69) is 34.7 Å². The molecule has 3 fully saturated rings. The molecule has 4 rings (SSSR count). The molecular formula is C27H41N5O4. The average Bonchev–Trinajstić information content (AvgIpc) is 2.94. The minimum atomic E-state index is -0.468. The normalized spacial score (nSPS) is 25.9. The maximum Gasteiger partial charge on any atom is 0.315 e. The number of carbonyl (C=O) groups is 3. The molecular weight excluding hydrogens is 458 g/mol. The largest absolute Gasteiger partial charge is 0.381 e. The Balaban J connectivity index is 1.37. The summed E-state index contributed by atoms with van der Waals surface area (Å²) >= 11 is 0. The molecule has 36 heavy (non-hydrogen) atoms. The van der Waals surface area contributed by atoms with Crippen molar-refractivity contribution in [2.75, 3.05) is 60.0 Å². The van der Waals surface area contributed by atoms with Gasteiger partial charge in [-0.05, 0) is 38.3 Å². The molecule has 0 saturated carbocycles. The highest BCUT2D eigenvalue weighted by Crippen LogP contribution is 2.32. The number of urea groups is 1. The molecule has 3 aliphatic heterocycles. The number of benzene rings is 1. The molecule has 1 aromatic carbocycles. The van der Waals surface area contributed by atoms with Crippen molar-refractivity contribution in [2.24, 2.45) is 5.92 Å². The molecule has 3 heterocycles. The fourth-order valence-electron chi connectivity index (χ4n) is 5.62. The van der Waals surface area contributed by atoms with Crippen molar-refractivity contribution in [3.63, 3.8) is 0 Å². The molecule has 0 radical (unpaired) electrons. The van der Waals surface area contributed by atoms with Crippen LogP contribution in [0.1, 0.15) is 44.1 Å². The molecule has 0 aromatic heterocycles. The van der Waals surface area contributed by atoms with E-state index in [0.29, 0.717) is 52.1 Å². The second-order valence-corrected chi connectivity index (χ2v) is 10.6. The maximum atomic E-state index is 13.2. The summed E-state index contributed by atoms with van der Waals surface area (Å²) in [6.45, 7) is 4.79. The van der Waals surface area contributed by atoms with Gasteiger partial charge in [0, 0.05) is 71.4 Å². The lowest BCUT2D eigenvalue weighted by atomic mass is 9.83. The molecule has 0 bridgehead atoms. The highest BCUT2D eigenvalue weighted by atomic mass is 16.5. The van der Waals surface area contributed by atoms with Gasteiger partial charge in [-0.3, -0.25) is 9.59 Å². The van der Waals surface area contributed by atoms with E-state index in [9.17, 15) is 14.4 Å². The van der Waals surface area contributed by atoms with Crippen molar-refractivity contribution >= 4 is 17.8 Å². The molecule has 0 spiro atoms. The van der Waals surface area contributed by atoms with Crippen LogP contribution in [0, 0.1) is 5.92 Å². The quantitative estimate of drug-likeness (QED) is 0.659. The zero-order valence-corrected chi connectivity index (χ0v) is 21.7. The molecule has 2 atom stereocenters. The van der Waals surface area contributed by atoms with Crippen LogP contribution in [0.4, 0.5) is 4.79 Å². The summed E-state index contributed by atoms with van der Waals surface area (Å²) in [5, 5.41) is 6.38. The van der Waals surface area contributed by atoms with Gasteiger partial charge in [-0.1, -0.05) is 36.8 Å². The van der Waals surface area contributed by atoms with Gasteiger partial charge in [0.15, 0.2) is 0 Å². The number of hydrogen-bond donors (Lipinski definition) is 2. The number of rotatable bonds is 4. The van der Waals surface area contributed by atoms with Crippen LogP contribution in [0.15, 0.2) is 30.3 Å². The third-order valence-corrected chi connectivity index (χ3v) is 7.97. The van der Waals surface area contributed by atoms with E-state index in [1.807, 2.05) is 23.1 Å². The lowest BCUT2D eigenvalue weighted by molar-refractivity contribution is -0.142. The zero-order valence-electron chi connectivity index (χ0n) is 21.7. The van der Waals surface area contributed by atoms with Crippen LogP contribution in [0.25, 0.3) is 0 Å². The standard InChI is InChI=1S/C27H41N5O4/c1-30-13-15-32(16-14-30)25(34)21-7-6-10-23(20-31(2)24(33)19-21)28-26(35)29-27(11-17-36-18-12-27)22-8-4-3-5-9-22/h3-5,8-9,21,23H,6-7,10-20H2,1-2H3,(H2,28,29,35). The van der Waals surface area contributed by atoms with Crippen molar-refractivity contribution < 1.29 is 19.1 Å². The molecule has 4 amide bonds. The molecule has 0 aliphatic carbocycles. The van der Waals surface area contributed by atoms with Gasteiger partial charge in [0.05, 0.1) is 5.54 Å². The summed E-state index contributed by atoms with van der Waals surface area (Å²) in [7, 11) is 3.83. The molecule has 2 N–H and O–H groups in total. The third kappa shape index (κ3) is 6.56. The Kier molecular flexibility index (Phi) is 8.85. The predicted octanol–water partition coefficient (Wildman–Crippen LogP) is 1.78. The van der Waals surface area contributed by atoms with E-state index < -0.39 is 5.54 Å². The van der Waals surface area contributed by atoms with Gasteiger partial charge >= 0.3 is 6.03 Å². The van der Waals surface area contributed by atoms with E-state index >= 15 is 0 Å². The van der Waals surface area contributed by atoms with E-state index in [-0.39, 0.29) is 36.2 Å². The lowest BCUT2D eigenvalue weighted by Gasteiger charge is -2.39. The van der Waals surface area contributed by atoms with Crippen LogP contribution in [-0.4, -0.2) is 98.6 Å². The number of ether oxygens (including phenoxy) is 1. The van der Waals surface area contributed by atoms with Gasteiger partial charge in [0.1, 0.15) is 0 Å². The number of likely N-dealkylation sites (N-methyl/N-ethyl adjacent to an activating group) is 2. The van der Waals surface area contributed by atoms with Gasteiger partial charge in [-0.15, -0.1) is 0 Å². The predicted molar refractivity (Wildman–Crippen MR) is 137 cm³/mol. The molecule has 9 nitrogen and oxygen atoms in total. The summed E-state index contributed by atoms with van der Waals surface area (Å²) in [6.07, 6.45) is 3.83. The second kappa shape index (κ2) is 12.1. The van der Waals surface area contributed by atoms with Crippen molar-refractivity contribution in [2.45, 2.75) is 50.1 Å². The lowest BCUT2D eigenvalue weighted by Crippen LogP contribution is -2.55. The molecule has 3 saturated heterocycles. The van der Waals surface area contributed by atoms with Crippen LogP contribution in [-0.2, 0) is 19.9 Å². The van der Waals surface area contributed by atoms with Crippen molar-refractivity contribution in [3.05, 3.63) is 35.9 Å². The molecule has 9 heteroatoms. The van der Waals surface area contributed by atoms with Gasteiger partial charge in [0.2, 0.25) is 11.8 Å². The first-order valence-electron chi connectivity index (χ1n) is 13.3. The monoisotopic (exact) mass is 499 g/mol. The van der Waals surface area contributed by atoms with Gasteiger partial charge < -0.3 is 30.1 Å². The highest BCUT2D eigenvalue weighted by Gasteiger charge is 2.37. The number of hydrogen-bond acceptors (Lipinski definition) is 5. The second-order valence-electron chi connectivity index (χ2n) is 10.6. The SMILES string of the molecule is CN1CCN(C(=O)C2CCCC(NC(=O)NC3(c4ccccc4)CCOCC3)CN(C)C(=O)C2)CC1. The van der Waals surface area contributed by atoms with Crippen LogP contribution in [0.2, 0.25) is 0 Å². The smallest absolute Gasteiger partial charge is 0.315 e. The Bertz CT molecular complexity index is 897. The van der Waals surface area contributed by atoms with Gasteiger partial charge in [-0.2, -0.15) is 0 Å². The van der Waals surface area contributed by atoms with Crippen molar-refractivity contribution in [3.8, 4) is 0 Å². The molecule has 1 aromatic rings. The fraction of sp³-hybridized carbons (Fsp3) is 0.667. The van der Waals surface area contributed by atoms with E-state index in [1.54, 1.807) is 11.9 Å². The molecule has 198 valence electrons. The van der Waals surface area contributed by atoms with Gasteiger partial charge in [0.25, 0.3) is 0 Å². The van der Waals surface area contributed by atoms with Gasteiger partial charge in [-0.25, -0.2) is 4.79 Å². The molecule has 2 unspecified atom stereocenters. The highest BCUT2D eigenvalue weighted by molar-refractivity contribution is 5.86. The summed E-state index contributed by atoms with van der Waals surface area (Å²) in [5.74, 6) is -0.236. The Morgan fingerprint density at radius 3 is 2.39 bits per heavy atom. The van der Waals surface area contributed by atoms with Crippen LogP contribution in [0.5, 0.6) is 0 Å². The van der Waals surface area contributed by atoms with Crippen LogP contribution in [0.3, 0.4) is 0 Å². The minimum Gasteiger partial charge on any atom is -0.381 e. The topological polar surface area (TPSA) is 94.2 Å². The van der Waals surface area contributed by atoms with E-state index in [1.165, 1.54) is 0 Å². The first kappa shape index (κ1) is 26.4. The summed E-state index contributed by atoms with van der Waals surface area (Å²) < 4.78 is 5.58. The number of nitrogens with one attached hydrogen (secondary N) is 2. The number of nitrogens with zero attached hydrogens (tertiary/aromatic N) is 3. The maximum absolute atomic E-state index is 13.2. The zero-order chi connectivity index (χ0) is 25.5. The van der Waals surface area contributed by atoms with E-state index in [0.717, 1.165) is 31.5 Å². The summed E-state index contributed by atoms with van der Waals surface area (Å²) in [6, 6.07) is 9.66. The minimum absolute atomic E-state index is 0.0400. The Morgan fingerprint density at radius 1 is 1.00 bits per heavy atom. The average molecular weight is 500 g/mol. The fourth-order valence-corrected chi connectivity index (χ4v) is 5.62. The number of piperazine rings is 1. The summed E-state index contributed by atoms with van der Waals surface area (Å²) in [4.78, 5) is 45.1. The van der Waals surface area contributed by atoms with E-state index in [4.69, 9.17) is 4.74 Å². The first-order valence-corrected chi connectivity index (χ1v) is 13.3.